The molecule has 0 bridgehead atoms. The summed E-state index contributed by atoms with van der Waals surface area (Å²) < 4.78 is 44.6. The SMILES string of the molecule is Cn1cc(-c2noc(Cc3cccc(C(F)(F)F)c3)n2)ccc1=O. The summed E-state index contributed by atoms with van der Waals surface area (Å²) in [5, 5.41) is 3.80. The number of nitrogens with zero attached hydrogens (tertiary/aromatic N) is 3. The fraction of sp³-hybridized carbons (Fsp3) is 0.188. The molecule has 0 saturated heterocycles. The van der Waals surface area contributed by atoms with Gasteiger partial charge in [-0.25, -0.2) is 0 Å². The van der Waals surface area contributed by atoms with E-state index >= 15 is 0 Å². The number of hydrogen-bond acceptors (Lipinski definition) is 4. The Kier molecular flexibility index (Phi) is 3.96. The smallest absolute Gasteiger partial charge is 0.339 e. The normalized spacial score (nSPS) is 11.7. The van der Waals surface area contributed by atoms with Gasteiger partial charge in [0.15, 0.2) is 0 Å². The minimum Gasteiger partial charge on any atom is -0.339 e. The lowest BCUT2D eigenvalue weighted by Crippen LogP contribution is -2.14. The molecular weight excluding hydrogens is 323 g/mol. The van der Waals surface area contributed by atoms with Crippen LogP contribution >= 0.6 is 0 Å². The molecule has 1 aromatic carbocycles. The molecule has 0 spiro atoms. The van der Waals surface area contributed by atoms with Crippen molar-refractivity contribution in [3.8, 4) is 11.4 Å². The quantitative estimate of drug-likeness (QED) is 0.738. The van der Waals surface area contributed by atoms with Crippen LogP contribution in [0.15, 0.2) is 51.9 Å². The lowest BCUT2D eigenvalue weighted by atomic mass is 10.1. The van der Waals surface area contributed by atoms with Crippen LogP contribution in [-0.4, -0.2) is 14.7 Å². The van der Waals surface area contributed by atoms with E-state index in [2.05, 4.69) is 10.1 Å². The average molecular weight is 335 g/mol. The molecule has 124 valence electrons. The van der Waals surface area contributed by atoms with Crippen molar-refractivity contribution in [2.45, 2.75) is 12.6 Å². The van der Waals surface area contributed by atoms with Gasteiger partial charge in [-0.1, -0.05) is 23.4 Å². The Morgan fingerprint density at radius 2 is 2.00 bits per heavy atom. The zero-order valence-corrected chi connectivity index (χ0v) is 12.5. The molecule has 0 radical (unpaired) electrons. The summed E-state index contributed by atoms with van der Waals surface area (Å²) in [6.07, 6.45) is -2.76. The number of pyridine rings is 1. The molecule has 5 nitrogen and oxygen atoms in total. The van der Waals surface area contributed by atoms with Crippen molar-refractivity contribution < 1.29 is 17.7 Å². The van der Waals surface area contributed by atoms with Crippen molar-refractivity contribution in [2.24, 2.45) is 7.05 Å². The number of alkyl halides is 3. The van der Waals surface area contributed by atoms with Gasteiger partial charge in [-0.3, -0.25) is 4.79 Å². The number of hydrogen-bond donors (Lipinski definition) is 0. The molecule has 0 saturated carbocycles. The van der Waals surface area contributed by atoms with E-state index in [-0.39, 0.29) is 23.7 Å². The first-order valence-corrected chi connectivity index (χ1v) is 6.99. The van der Waals surface area contributed by atoms with Crippen molar-refractivity contribution in [1.82, 2.24) is 14.7 Å². The lowest BCUT2D eigenvalue weighted by molar-refractivity contribution is -0.137. The number of aryl methyl sites for hydroxylation is 1. The van der Waals surface area contributed by atoms with Gasteiger partial charge in [0.05, 0.1) is 12.0 Å². The van der Waals surface area contributed by atoms with Crippen molar-refractivity contribution in [1.29, 1.82) is 0 Å². The summed E-state index contributed by atoms with van der Waals surface area (Å²) in [6, 6.07) is 7.89. The lowest BCUT2D eigenvalue weighted by Gasteiger charge is -2.07. The van der Waals surface area contributed by atoms with Gasteiger partial charge in [-0.15, -0.1) is 0 Å². The maximum atomic E-state index is 12.7. The molecular formula is C16H12F3N3O2. The highest BCUT2D eigenvalue weighted by Gasteiger charge is 2.30. The van der Waals surface area contributed by atoms with Crippen molar-refractivity contribution >= 4 is 0 Å². The molecule has 2 heterocycles. The van der Waals surface area contributed by atoms with Gasteiger partial charge in [0.2, 0.25) is 17.3 Å². The molecule has 8 heteroatoms. The van der Waals surface area contributed by atoms with Gasteiger partial charge in [0, 0.05) is 24.9 Å². The van der Waals surface area contributed by atoms with Gasteiger partial charge < -0.3 is 9.09 Å². The van der Waals surface area contributed by atoms with Gasteiger partial charge in [-0.05, 0) is 17.7 Å². The highest BCUT2D eigenvalue weighted by atomic mass is 19.4. The Labute approximate surface area is 134 Å². The van der Waals surface area contributed by atoms with E-state index in [1.165, 1.54) is 16.7 Å². The van der Waals surface area contributed by atoms with E-state index in [1.807, 2.05) is 0 Å². The molecule has 3 rings (SSSR count). The van der Waals surface area contributed by atoms with E-state index < -0.39 is 11.7 Å². The molecule has 0 unspecified atom stereocenters. The summed E-state index contributed by atoms with van der Waals surface area (Å²) in [5.41, 5.74) is 0.0980. The van der Waals surface area contributed by atoms with Crippen molar-refractivity contribution in [3.05, 3.63) is 70.0 Å². The summed E-state index contributed by atoms with van der Waals surface area (Å²) in [5.74, 6) is 0.464. The van der Waals surface area contributed by atoms with Gasteiger partial charge >= 0.3 is 6.18 Å². The minimum absolute atomic E-state index is 0.0860. The van der Waals surface area contributed by atoms with Crippen LogP contribution in [0.4, 0.5) is 13.2 Å². The number of halogens is 3. The fourth-order valence-corrected chi connectivity index (χ4v) is 2.20. The minimum atomic E-state index is -4.40. The molecule has 0 aliphatic rings. The largest absolute Gasteiger partial charge is 0.416 e. The van der Waals surface area contributed by atoms with Gasteiger partial charge in [0.25, 0.3) is 0 Å². The van der Waals surface area contributed by atoms with Crippen LogP contribution in [-0.2, 0) is 19.6 Å². The highest BCUT2D eigenvalue weighted by molar-refractivity contribution is 5.52. The van der Waals surface area contributed by atoms with Crippen LogP contribution in [0.1, 0.15) is 17.0 Å². The second kappa shape index (κ2) is 5.95. The maximum absolute atomic E-state index is 12.7. The Morgan fingerprint density at radius 1 is 1.21 bits per heavy atom. The summed E-state index contributed by atoms with van der Waals surface area (Å²) >= 11 is 0. The molecule has 3 aromatic rings. The molecule has 0 aliphatic heterocycles. The van der Waals surface area contributed by atoms with Crippen LogP contribution < -0.4 is 5.56 Å². The average Bonchev–Trinajstić information content (AvgIpc) is 2.98. The predicted octanol–water partition coefficient (Wildman–Crippen LogP) is 3.04. The van der Waals surface area contributed by atoms with Crippen molar-refractivity contribution in [2.75, 3.05) is 0 Å². The topological polar surface area (TPSA) is 60.9 Å². The first-order valence-electron chi connectivity index (χ1n) is 6.99. The maximum Gasteiger partial charge on any atom is 0.416 e. The predicted molar refractivity (Wildman–Crippen MR) is 79.2 cm³/mol. The summed E-state index contributed by atoms with van der Waals surface area (Å²) in [4.78, 5) is 15.5. The number of rotatable bonds is 3. The monoisotopic (exact) mass is 335 g/mol. The van der Waals surface area contributed by atoms with Crippen LogP contribution in [0.3, 0.4) is 0 Å². The standard InChI is InChI=1S/C16H12F3N3O2/c1-22-9-11(5-6-14(22)23)15-20-13(24-21-15)8-10-3-2-4-12(7-10)16(17,18)19/h2-7,9H,8H2,1H3. The third-order valence-electron chi connectivity index (χ3n) is 3.42. The Bertz CT molecular complexity index is 929. The highest BCUT2D eigenvalue weighted by Crippen LogP contribution is 2.30. The fourth-order valence-electron chi connectivity index (χ4n) is 2.20. The van der Waals surface area contributed by atoms with Crippen LogP contribution in [0.5, 0.6) is 0 Å². The Balaban J connectivity index is 1.84. The van der Waals surface area contributed by atoms with Crippen LogP contribution in [0, 0.1) is 0 Å². The van der Waals surface area contributed by atoms with E-state index in [1.54, 1.807) is 25.4 Å². The first kappa shape index (κ1) is 16.0. The summed E-state index contributed by atoms with van der Waals surface area (Å²) in [7, 11) is 1.59. The second-order valence-corrected chi connectivity index (χ2v) is 5.25. The van der Waals surface area contributed by atoms with E-state index in [0.29, 0.717) is 11.1 Å². The van der Waals surface area contributed by atoms with Crippen LogP contribution in [0.25, 0.3) is 11.4 Å². The van der Waals surface area contributed by atoms with E-state index in [4.69, 9.17) is 4.52 Å². The van der Waals surface area contributed by atoms with Gasteiger partial charge in [-0.2, -0.15) is 18.2 Å². The molecule has 0 fully saturated rings. The second-order valence-electron chi connectivity index (χ2n) is 5.25. The Hall–Kier alpha value is -2.90. The first-order chi connectivity index (χ1) is 11.3. The number of aromatic nitrogens is 3. The van der Waals surface area contributed by atoms with Crippen LogP contribution in [0.2, 0.25) is 0 Å². The third-order valence-corrected chi connectivity index (χ3v) is 3.42. The van der Waals surface area contributed by atoms with E-state index in [0.717, 1.165) is 12.1 Å². The molecule has 24 heavy (non-hydrogen) atoms. The molecule has 2 aromatic heterocycles. The third kappa shape index (κ3) is 3.37. The van der Waals surface area contributed by atoms with Crippen molar-refractivity contribution in [3.63, 3.8) is 0 Å². The number of benzene rings is 1. The zero-order valence-electron chi connectivity index (χ0n) is 12.5. The van der Waals surface area contributed by atoms with E-state index in [9.17, 15) is 18.0 Å². The summed E-state index contributed by atoms with van der Waals surface area (Å²) in [6.45, 7) is 0. The molecule has 0 aliphatic carbocycles. The van der Waals surface area contributed by atoms with Gasteiger partial charge in [0.1, 0.15) is 0 Å². The Morgan fingerprint density at radius 3 is 2.71 bits per heavy atom. The zero-order chi connectivity index (χ0) is 17.3. The molecule has 0 N–H and O–H groups in total. The molecule has 0 atom stereocenters. The molecule has 0 amide bonds.